The number of aromatic nitrogens is 1. The summed E-state index contributed by atoms with van der Waals surface area (Å²) in [6, 6.07) is 3.89. The maximum Gasteiger partial charge on any atom is 0.350 e. The van der Waals surface area contributed by atoms with Crippen molar-refractivity contribution in [3.05, 3.63) is 33.8 Å². The number of hydrogen-bond acceptors (Lipinski definition) is 7. The summed E-state index contributed by atoms with van der Waals surface area (Å²) < 4.78 is 32.2. The lowest BCUT2D eigenvalue weighted by Crippen LogP contribution is -2.13. The van der Waals surface area contributed by atoms with Gasteiger partial charge < -0.3 is 10.1 Å². The second-order valence-electron chi connectivity index (χ2n) is 5.08. The number of anilines is 2. The predicted octanol–water partition coefficient (Wildman–Crippen LogP) is 3.04. The molecule has 0 bridgehead atoms. The Hall–Kier alpha value is -2.17. The zero-order valence-electron chi connectivity index (χ0n) is 14.1. The topological polar surface area (TPSA) is 114 Å². The van der Waals surface area contributed by atoms with Gasteiger partial charge in [-0.2, -0.15) is 0 Å². The normalized spacial score (nSPS) is 11.1. The standard InChI is InChI=1S/C15H16ClN3O5S2/c1-4-24-14(21)13-8(2)17-15(25-13)19-26(22,23)10-5-6-12(11(16)7-10)18-9(3)20/h5-7H,4H2,1-3H3,(H,17,19)(H,18,20). The first-order valence-corrected chi connectivity index (χ1v) is 10.1. The smallest absolute Gasteiger partial charge is 0.350 e. The predicted molar refractivity (Wildman–Crippen MR) is 99.4 cm³/mol. The molecule has 1 amide bonds. The minimum Gasteiger partial charge on any atom is -0.462 e. The SMILES string of the molecule is CCOC(=O)c1sc(NS(=O)(=O)c2ccc(NC(C)=O)c(Cl)c2)nc1C. The molecule has 0 fully saturated rings. The zero-order chi connectivity index (χ0) is 19.5. The number of benzene rings is 1. The number of aryl methyl sites for hydroxylation is 1. The van der Waals surface area contributed by atoms with Gasteiger partial charge in [0.25, 0.3) is 10.0 Å². The van der Waals surface area contributed by atoms with Crippen LogP contribution in [0.3, 0.4) is 0 Å². The highest BCUT2D eigenvalue weighted by Crippen LogP contribution is 2.29. The highest BCUT2D eigenvalue weighted by Gasteiger charge is 2.21. The quantitative estimate of drug-likeness (QED) is 0.698. The van der Waals surface area contributed by atoms with E-state index in [4.69, 9.17) is 16.3 Å². The first-order valence-electron chi connectivity index (χ1n) is 7.38. The third-order valence-electron chi connectivity index (χ3n) is 3.04. The molecule has 11 heteroatoms. The second kappa shape index (κ2) is 8.02. The number of esters is 1. The van der Waals surface area contributed by atoms with E-state index in [0.717, 1.165) is 11.3 Å². The van der Waals surface area contributed by atoms with Crippen molar-refractivity contribution < 1.29 is 22.7 Å². The summed E-state index contributed by atoms with van der Waals surface area (Å²) in [6.45, 7) is 4.77. The van der Waals surface area contributed by atoms with E-state index >= 15 is 0 Å². The van der Waals surface area contributed by atoms with Crippen LogP contribution in [0.25, 0.3) is 0 Å². The van der Waals surface area contributed by atoms with Crippen LogP contribution in [0.2, 0.25) is 5.02 Å². The summed E-state index contributed by atoms with van der Waals surface area (Å²) in [5.74, 6) is -0.888. The second-order valence-corrected chi connectivity index (χ2v) is 8.17. The molecular weight excluding hydrogens is 402 g/mol. The minimum atomic E-state index is -3.97. The third kappa shape index (κ3) is 4.71. The van der Waals surface area contributed by atoms with Gasteiger partial charge in [-0.15, -0.1) is 0 Å². The largest absolute Gasteiger partial charge is 0.462 e. The zero-order valence-corrected chi connectivity index (χ0v) is 16.5. The van der Waals surface area contributed by atoms with Crippen LogP contribution >= 0.6 is 22.9 Å². The summed E-state index contributed by atoms with van der Waals surface area (Å²) in [7, 11) is -3.97. The molecule has 0 saturated heterocycles. The van der Waals surface area contributed by atoms with Gasteiger partial charge in [-0.25, -0.2) is 18.2 Å². The van der Waals surface area contributed by atoms with Crippen LogP contribution in [0.4, 0.5) is 10.8 Å². The van der Waals surface area contributed by atoms with Gasteiger partial charge in [-0.3, -0.25) is 9.52 Å². The maximum atomic E-state index is 12.5. The fourth-order valence-corrected chi connectivity index (χ4v) is 4.37. The maximum absolute atomic E-state index is 12.5. The van der Waals surface area contributed by atoms with E-state index < -0.39 is 16.0 Å². The number of nitrogens with one attached hydrogen (secondary N) is 2. The molecular formula is C15H16ClN3O5S2. The molecule has 8 nitrogen and oxygen atoms in total. The lowest BCUT2D eigenvalue weighted by molar-refractivity contribution is -0.114. The van der Waals surface area contributed by atoms with E-state index in [1.54, 1.807) is 13.8 Å². The van der Waals surface area contributed by atoms with E-state index in [-0.39, 0.29) is 32.4 Å². The fourth-order valence-electron chi connectivity index (χ4n) is 1.95. The van der Waals surface area contributed by atoms with Crippen molar-refractivity contribution in [1.82, 2.24) is 4.98 Å². The molecule has 1 heterocycles. The Bertz CT molecular complexity index is 956. The van der Waals surface area contributed by atoms with Crippen molar-refractivity contribution in [3.63, 3.8) is 0 Å². The van der Waals surface area contributed by atoms with Crippen molar-refractivity contribution in [1.29, 1.82) is 0 Å². The monoisotopic (exact) mass is 417 g/mol. The van der Waals surface area contributed by atoms with Crippen LogP contribution in [-0.2, 0) is 19.6 Å². The van der Waals surface area contributed by atoms with Crippen LogP contribution in [0, 0.1) is 6.92 Å². The van der Waals surface area contributed by atoms with Gasteiger partial charge in [-0.05, 0) is 32.0 Å². The number of ether oxygens (including phenoxy) is 1. The van der Waals surface area contributed by atoms with Crippen molar-refractivity contribution in [2.24, 2.45) is 0 Å². The number of nitrogens with zero attached hydrogens (tertiary/aromatic N) is 1. The summed E-state index contributed by atoms with van der Waals surface area (Å²) in [5.41, 5.74) is 0.665. The van der Waals surface area contributed by atoms with Crippen LogP contribution in [0.15, 0.2) is 23.1 Å². The van der Waals surface area contributed by atoms with Gasteiger partial charge in [0.1, 0.15) is 4.88 Å². The summed E-state index contributed by atoms with van der Waals surface area (Å²) >= 11 is 6.89. The number of carbonyl (C=O) groups excluding carboxylic acids is 2. The number of rotatable bonds is 6. The molecule has 0 saturated carbocycles. The Kier molecular flexibility index (Phi) is 6.21. The number of hydrogen-bond donors (Lipinski definition) is 2. The van der Waals surface area contributed by atoms with E-state index in [9.17, 15) is 18.0 Å². The van der Waals surface area contributed by atoms with Crippen molar-refractivity contribution in [2.75, 3.05) is 16.6 Å². The van der Waals surface area contributed by atoms with Crippen LogP contribution in [-0.4, -0.2) is 31.9 Å². The summed E-state index contributed by atoms with van der Waals surface area (Å²) in [5, 5.41) is 2.60. The first kappa shape index (κ1) is 20.1. The van der Waals surface area contributed by atoms with E-state index in [1.807, 2.05) is 0 Å². The number of amides is 1. The Morgan fingerprint density at radius 1 is 1.35 bits per heavy atom. The van der Waals surface area contributed by atoms with Crippen LogP contribution in [0.5, 0.6) is 0 Å². The molecule has 0 atom stereocenters. The van der Waals surface area contributed by atoms with Gasteiger partial charge in [0.15, 0.2) is 5.13 Å². The van der Waals surface area contributed by atoms with E-state index in [1.165, 1.54) is 25.1 Å². The number of thiazole rings is 1. The Labute approximate surface area is 159 Å². The summed E-state index contributed by atoms with van der Waals surface area (Å²) in [4.78, 5) is 27.0. The van der Waals surface area contributed by atoms with Gasteiger partial charge in [0.2, 0.25) is 5.91 Å². The molecule has 0 unspecified atom stereocenters. The van der Waals surface area contributed by atoms with Crippen molar-refractivity contribution >= 4 is 55.7 Å². The third-order valence-corrected chi connectivity index (χ3v) is 5.87. The molecule has 0 spiro atoms. The van der Waals surface area contributed by atoms with Crippen molar-refractivity contribution in [2.45, 2.75) is 25.7 Å². The molecule has 0 radical (unpaired) electrons. The molecule has 0 aliphatic heterocycles. The Balaban J connectivity index is 2.26. The number of sulfonamides is 1. The molecule has 2 rings (SSSR count). The summed E-state index contributed by atoms with van der Waals surface area (Å²) in [6.07, 6.45) is 0. The molecule has 0 aliphatic rings. The number of carbonyl (C=O) groups is 2. The molecule has 140 valence electrons. The fraction of sp³-hybridized carbons (Fsp3) is 0.267. The van der Waals surface area contributed by atoms with Gasteiger partial charge in [0.05, 0.1) is 27.9 Å². The Morgan fingerprint density at radius 2 is 2.04 bits per heavy atom. The van der Waals surface area contributed by atoms with Gasteiger partial charge in [-0.1, -0.05) is 22.9 Å². The lowest BCUT2D eigenvalue weighted by atomic mass is 10.3. The molecule has 1 aromatic heterocycles. The molecule has 1 aromatic carbocycles. The van der Waals surface area contributed by atoms with Gasteiger partial charge >= 0.3 is 5.97 Å². The molecule has 26 heavy (non-hydrogen) atoms. The van der Waals surface area contributed by atoms with E-state index in [0.29, 0.717) is 11.4 Å². The highest BCUT2D eigenvalue weighted by molar-refractivity contribution is 7.93. The lowest BCUT2D eigenvalue weighted by Gasteiger charge is -2.09. The number of halogens is 1. The average molecular weight is 418 g/mol. The van der Waals surface area contributed by atoms with Crippen LogP contribution in [0.1, 0.15) is 29.2 Å². The van der Waals surface area contributed by atoms with Gasteiger partial charge in [0, 0.05) is 6.92 Å². The molecule has 2 aromatic rings. The molecule has 0 aliphatic carbocycles. The minimum absolute atomic E-state index is 0.0348. The Morgan fingerprint density at radius 3 is 2.62 bits per heavy atom. The first-order chi connectivity index (χ1) is 12.1. The van der Waals surface area contributed by atoms with Crippen LogP contribution < -0.4 is 10.0 Å². The highest BCUT2D eigenvalue weighted by atomic mass is 35.5. The van der Waals surface area contributed by atoms with E-state index in [2.05, 4.69) is 15.0 Å². The average Bonchev–Trinajstić information content (AvgIpc) is 2.88. The molecule has 2 N–H and O–H groups in total. The van der Waals surface area contributed by atoms with Crippen molar-refractivity contribution in [3.8, 4) is 0 Å².